The lowest BCUT2D eigenvalue weighted by Gasteiger charge is -2.16. The molecule has 31 heavy (non-hydrogen) atoms. The Labute approximate surface area is 183 Å². The number of benzene rings is 1. The minimum Gasteiger partial charge on any atom is -0.480 e. The summed E-state index contributed by atoms with van der Waals surface area (Å²) in [5.41, 5.74) is 4.67. The minimum absolute atomic E-state index is 0.00781. The molecule has 2 aromatic rings. The first-order valence-electron chi connectivity index (χ1n) is 10.1. The molecule has 3 rings (SSSR count). The minimum atomic E-state index is -0.881. The summed E-state index contributed by atoms with van der Waals surface area (Å²) in [6, 6.07) is 12.0. The van der Waals surface area contributed by atoms with Crippen LogP contribution in [-0.2, 0) is 16.1 Å². The maximum Gasteiger partial charge on any atom is 0.322 e. The number of hydrogen-bond donors (Lipinski definition) is 2. The number of aliphatic carboxylic acids is 1. The van der Waals surface area contributed by atoms with E-state index >= 15 is 0 Å². The average Bonchev–Trinajstić information content (AvgIpc) is 3.55. The Morgan fingerprint density at radius 2 is 1.97 bits per heavy atom. The number of carboxylic acids is 1. The number of likely N-dealkylation sites (N-methyl/N-ethyl adjacent to an activating group) is 1. The number of rotatable bonds is 8. The van der Waals surface area contributed by atoms with E-state index in [9.17, 15) is 9.59 Å². The molecule has 1 aromatic heterocycles. The van der Waals surface area contributed by atoms with Gasteiger partial charge in [0.05, 0.1) is 5.69 Å². The summed E-state index contributed by atoms with van der Waals surface area (Å²) in [7, 11) is 3.52. The van der Waals surface area contributed by atoms with Crippen molar-refractivity contribution >= 4 is 17.6 Å². The van der Waals surface area contributed by atoms with Gasteiger partial charge in [-0.05, 0) is 37.5 Å². The Morgan fingerprint density at radius 1 is 1.19 bits per heavy atom. The molecule has 1 fully saturated rings. The lowest BCUT2D eigenvalue weighted by atomic mass is 10.1. The second-order valence-electron chi connectivity index (χ2n) is 7.49. The van der Waals surface area contributed by atoms with Gasteiger partial charge in [0.25, 0.3) is 0 Å². The van der Waals surface area contributed by atoms with Crippen LogP contribution in [0.25, 0.3) is 0 Å². The van der Waals surface area contributed by atoms with Crippen LogP contribution in [0.3, 0.4) is 0 Å². The maximum absolute atomic E-state index is 11.6. The molecule has 1 heterocycles. The molecule has 1 saturated carbocycles. The van der Waals surface area contributed by atoms with Gasteiger partial charge < -0.3 is 20.2 Å². The number of carbonyl (C=O) groups is 2. The molecule has 7 heteroatoms. The fraction of sp³-hybridized carbons (Fsp3) is 0.292. The maximum atomic E-state index is 11.6. The second-order valence-corrected chi connectivity index (χ2v) is 7.49. The number of nitrogens with one attached hydrogen (secondary N) is 1. The van der Waals surface area contributed by atoms with Crippen LogP contribution in [-0.4, -0.2) is 52.4 Å². The van der Waals surface area contributed by atoms with Gasteiger partial charge in [0.2, 0.25) is 5.91 Å². The number of amides is 1. The van der Waals surface area contributed by atoms with Gasteiger partial charge in [0.1, 0.15) is 6.54 Å². The van der Waals surface area contributed by atoms with Crippen molar-refractivity contribution in [1.29, 1.82) is 0 Å². The number of hydrogen-bond acceptors (Lipinski definition) is 5. The van der Waals surface area contributed by atoms with Gasteiger partial charge >= 0.3 is 5.97 Å². The van der Waals surface area contributed by atoms with Crippen molar-refractivity contribution < 1.29 is 14.7 Å². The van der Waals surface area contributed by atoms with Gasteiger partial charge in [-0.1, -0.05) is 35.4 Å². The van der Waals surface area contributed by atoms with Crippen LogP contribution in [0.2, 0.25) is 0 Å². The Bertz CT molecular complexity index is 917. The monoisotopic (exact) mass is 422 g/mol. The van der Waals surface area contributed by atoms with Crippen LogP contribution in [0.4, 0.5) is 5.69 Å². The number of pyridine rings is 1. The number of aryl methyl sites for hydroxylation is 1. The van der Waals surface area contributed by atoms with E-state index in [1.807, 2.05) is 6.20 Å². The molecule has 0 bridgehead atoms. The number of aromatic nitrogens is 1. The van der Waals surface area contributed by atoms with E-state index in [0.29, 0.717) is 0 Å². The Hall–Kier alpha value is -3.61. The van der Waals surface area contributed by atoms with Gasteiger partial charge in [-0.3, -0.25) is 14.6 Å². The molecule has 164 valence electrons. The molecule has 1 aliphatic rings. The van der Waals surface area contributed by atoms with Crippen LogP contribution in [0.5, 0.6) is 0 Å². The van der Waals surface area contributed by atoms with Gasteiger partial charge in [-0.2, -0.15) is 0 Å². The number of allylic oxidation sites excluding steroid dienone is 1. The van der Waals surface area contributed by atoms with E-state index in [4.69, 9.17) is 5.11 Å². The summed E-state index contributed by atoms with van der Waals surface area (Å²) in [6.07, 6.45) is 11.2. The molecule has 0 atom stereocenters. The summed E-state index contributed by atoms with van der Waals surface area (Å²) >= 11 is 0. The molecule has 0 unspecified atom stereocenters. The number of anilines is 1. The highest BCUT2D eigenvalue weighted by Crippen LogP contribution is 2.28. The highest BCUT2D eigenvalue weighted by molar-refractivity contribution is 5.87. The third-order valence-corrected chi connectivity index (χ3v) is 4.29. The van der Waals surface area contributed by atoms with E-state index < -0.39 is 5.97 Å². The smallest absolute Gasteiger partial charge is 0.322 e. The molecule has 7 nitrogen and oxygen atoms in total. The molecule has 1 amide bonds. The lowest BCUT2D eigenvalue weighted by Crippen LogP contribution is -2.20. The summed E-state index contributed by atoms with van der Waals surface area (Å²) in [6.45, 7) is 2.81. The summed E-state index contributed by atoms with van der Waals surface area (Å²) in [5.74, 6) is -0.873. The van der Waals surface area contributed by atoms with Gasteiger partial charge in [0, 0.05) is 51.5 Å². The normalized spacial score (nSPS) is 11.9. The van der Waals surface area contributed by atoms with E-state index in [1.54, 1.807) is 49.6 Å². The van der Waals surface area contributed by atoms with Crippen molar-refractivity contribution in [2.24, 2.45) is 0 Å². The zero-order chi connectivity index (χ0) is 22.6. The Balaban J connectivity index is 0.000000262. The summed E-state index contributed by atoms with van der Waals surface area (Å²) in [4.78, 5) is 29.2. The molecule has 1 aromatic carbocycles. The van der Waals surface area contributed by atoms with E-state index in [1.165, 1.54) is 29.5 Å². The second kappa shape index (κ2) is 12.2. The molecular weight excluding hydrogens is 392 g/mol. The van der Waals surface area contributed by atoms with Crippen molar-refractivity contribution in [2.45, 2.75) is 26.3 Å². The summed E-state index contributed by atoms with van der Waals surface area (Å²) < 4.78 is 0. The van der Waals surface area contributed by atoms with Crippen molar-refractivity contribution in [3.8, 4) is 0 Å². The zero-order valence-corrected chi connectivity index (χ0v) is 18.3. The number of nitrogens with zero attached hydrogens (tertiary/aromatic N) is 3. The van der Waals surface area contributed by atoms with Gasteiger partial charge in [-0.15, -0.1) is 0 Å². The predicted molar refractivity (Wildman–Crippen MR) is 122 cm³/mol. The van der Waals surface area contributed by atoms with E-state index in [-0.39, 0.29) is 12.5 Å². The molecule has 0 spiro atoms. The number of carbonyl (C=O) groups excluding carboxylic acids is 1. The molecule has 0 saturated heterocycles. The van der Waals surface area contributed by atoms with Gasteiger partial charge in [-0.25, -0.2) is 0 Å². The third-order valence-electron chi connectivity index (χ3n) is 4.29. The number of carboxylic acid groups (broad SMARTS) is 1. The van der Waals surface area contributed by atoms with E-state index in [2.05, 4.69) is 52.6 Å². The van der Waals surface area contributed by atoms with Crippen molar-refractivity contribution in [3.63, 3.8) is 0 Å². The highest BCUT2D eigenvalue weighted by Gasteiger charge is 2.12. The third kappa shape index (κ3) is 10.1. The standard InChI is InChI=1S/C17H22N2O.C7H8N2O2/c1-14-5-4-6-16(11-14)13-19(12-15-7-8-15)10-9-17(20)18(2)3;10-7(11)5-9-6-2-1-3-8-4-6/h4-6,9-12H,7-8,13H2,1-3H3;1-4,9H,5H2,(H,10,11)/b10-9-;. The van der Waals surface area contributed by atoms with Gasteiger partial charge in [0.15, 0.2) is 0 Å². The Morgan fingerprint density at radius 3 is 2.55 bits per heavy atom. The van der Waals surface area contributed by atoms with E-state index in [0.717, 1.165) is 12.2 Å². The fourth-order valence-corrected chi connectivity index (χ4v) is 2.55. The van der Waals surface area contributed by atoms with Crippen molar-refractivity contribution in [1.82, 2.24) is 14.8 Å². The predicted octanol–water partition coefficient (Wildman–Crippen LogP) is 3.65. The van der Waals surface area contributed by atoms with Crippen LogP contribution in [0, 0.1) is 6.92 Å². The average molecular weight is 423 g/mol. The van der Waals surface area contributed by atoms with Crippen LogP contribution in [0.1, 0.15) is 24.0 Å². The molecule has 0 radical (unpaired) electrons. The highest BCUT2D eigenvalue weighted by atomic mass is 16.4. The zero-order valence-electron chi connectivity index (χ0n) is 18.3. The molecule has 1 aliphatic carbocycles. The fourth-order valence-electron chi connectivity index (χ4n) is 2.55. The molecule has 2 N–H and O–H groups in total. The SMILES string of the molecule is Cc1cccc(CN(C=C2CC2)/C=C\C(=O)N(C)C)c1.O=C(O)CNc1cccnc1. The first-order valence-corrected chi connectivity index (χ1v) is 10.1. The van der Waals surface area contributed by atoms with Crippen molar-refractivity contribution in [3.05, 3.63) is 84.0 Å². The topological polar surface area (TPSA) is 85.8 Å². The molecule has 0 aliphatic heterocycles. The van der Waals surface area contributed by atoms with Crippen LogP contribution in [0.15, 0.2) is 72.8 Å². The quantitative estimate of drug-likeness (QED) is 0.632. The largest absolute Gasteiger partial charge is 0.480 e. The first kappa shape index (κ1) is 23.7. The van der Waals surface area contributed by atoms with Crippen LogP contribution >= 0.6 is 0 Å². The molecular formula is C24H30N4O3. The Kier molecular flexibility index (Phi) is 9.29. The lowest BCUT2D eigenvalue weighted by molar-refractivity contribution is -0.135. The van der Waals surface area contributed by atoms with Crippen molar-refractivity contribution in [2.75, 3.05) is 26.0 Å². The first-order chi connectivity index (χ1) is 14.8. The van der Waals surface area contributed by atoms with Crippen LogP contribution < -0.4 is 5.32 Å². The summed E-state index contributed by atoms with van der Waals surface area (Å²) in [5, 5.41) is 11.0.